The van der Waals surface area contributed by atoms with E-state index in [1.807, 2.05) is 0 Å². The molecule has 0 saturated heterocycles. The molecule has 1 nitrogen and oxygen atoms in total. The van der Waals surface area contributed by atoms with Crippen LogP contribution >= 0.6 is 0 Å². The van der Waals surface area contributed by atoms with Crippen LogP contribution in [0.15, 0.2) is 24.3 Å². The smallest absolute Gasteiger partial charge is 0.0375 e. The molecule has 1 fully saturated rings. The molecule has 0 amide bonds. The summed E-state index contributed by atoms with van der Waals surface area (Å²) in [4.78, 5) is 0. The Morgan fingerprint density at radius 3 is 1.96 bits per heavy atom. The summed E-state index contributed by atoms with van der Waals surface area (Å²) in [5, 5.41) is 0. The standard InChI is InChI=1S/C23H38OS/c1-5-6-7-19-8-10-20(11-9-19)12-13-21-14-16-22(17-15-21)18-25(24)23(2,3)4/h8-11,21-22H,5-7,12-18H2,1-4H3. The van der Waals surface area contributed by atoms with Gasteiger partial charge >= 0.3 is 0 Å². The zero-order chi connectivity index (χ0) is 18.3. The molecule has 0 N–H and O–H groups in total. The van der Waals surface area contributed by atoms with Crippen LogP contribution in [0.2, 0.25) is 0 Å². The predicted octanol–water partition coefficient (Wildman–Crippen LogP) is 6.32. The van der Waals surface area contributed by atoms with Crippen LogP contribution < -0.4 is 0 Å². The lowest BCUT2D eigenvalue weighted by molar-refractivity contribution is 0.279. The Bertz CT molecular complexity index is 518. The van der Waals surface area contributed by atoms with Gasteiger partial charge in [0.15, 0.2) is 0 Å². The van der Waals surface area contributed by atoms with E-state index in [4.69, 9.17) is 0 Å². The van der Waals surface area contributed by atoms with E-state index < -0.39 is 10.8 Å². The highest BCUT2D eigenvalue weighted by atomic mass is 32.2. The Hall–Kier alpha value is -0.630. The molecule has 1 unspecified atom stereocenters. The minimum atomic E-state index is -0.685. The Morgan fingerprint density at radius 1 is 0.920 bits per heavy atom. The Labute approximate surface area is 158 Å². The van der Waals surface area contributed by atoms with Crippen molar-refractivity contribution < 1.29 is 4.21 Å². The van der Waals surface area contributed by atoms with Crippen LogP contribution in [0.5, 0.6) is 0 Å². The van der Waals surface area contributed by atoms with Gasteiger partial charge in [0.25, 0.3) is 0 Å². The van der Waals surface area contributed by atoms with Crippen molar-refractivity contribution in [3.05, 3.63) is 35.4 Å². The summed E-state index contributed by atoms with van der Waals surface area (Å²) in [6.45, 7) is 8.55. The molecule has 2 rings (SSSR count). The van der Waals surface area contributed by atoms with E-state index in [0.29, 0.717) is 5.92 Å². The molecule has 0 bridgehead atoms. The second kappa shape index (κ2) is 9.90. The number of benzene rings is 1. The molecule has 1 aromatic carbocycles. The molecule has 2 heteroatoms. The molecular formula is C23H38OS. The van der Waals surface area contributed by atoms with Crippen molar-refractivity contribution in [2.75, 3.05) is 5.75 Å². The number of unbranched alkanes of at least 4 members (excludes halogenated alkanes) is 1. The normalized spacial score (nSPS) is 22.7. The van der Waals surface area contributed by atoms with Gasteiger partial charge in [-0.1, -0.05) is 50.5 Å². The van der Waals surface area contributed by atoms with Crippen molar-refractivity contribution in [2.45, 2.75) is 90.2 Å². The van der Waals surface area contributed by atoms with Gasteiger partial charge in [0.05, 0.1) is 0 Å². The Kier molecular flexibility index (Phi) is 8.19. The van der Waals surface area contributed by atoms with Gasteiger partial charge in [0, 0.05) is 21.3 Å². The molecule has 25 heavy (non-hydrogen) atoms. The molecule has 0 aromatic heterocycles. The van der Waals surface area contributed by atoms with Crippen molar-refractivity contribution in [1.82, 2.24) is 0 Å². The van der Waals surface area contributed by atoms with E-state index in [-0.39, 0.29) is 4.75 Å². The molecule has 1 saturated carbocycles. The minimum absolute atomic E-state index is 0.0554. The van der Waals surface area contributed by atoms with Gasteiger partial charge in [-0.15, -0.1) is 0 Å². The van der Waals surface area contributed by atoms with E-state index >= 15 is 0 Å². The zero-order valence-electron chi connectivity index (χ0n) is 16.9. The maximum absolute atomic E-state index is 12.3. The second-order valence-electron chi connectivity index (χ2n) is 8.97. The molecule has 0 spiro atoms. The molecule has 1 atom stereocenters. The lowest BCUT2D eigenvalue weighted by Crippen LogP contribution is -2.29. The van der Waals surface area contributed by atoms with Crippen molar-refractivity contribution in [3.8, 4) is 0 Å². The molecule has 0 heterocycles. The average molecular weight is 363 g/mol. The summed E-state index contributed by atoms with van der Waals surface area (Å²) in [6.07, 6.45) is 11.6. The molecule has 1 aliphatic rings. The SMILES string of the molecule is CCCCc1ccc(CCC2CCC(CS(=O)C(C)(C)C)CC2)cc1. The second-order valence-corrected chi connectivity index (χ2v) is 11.2. The van der Waals surface area contributed by atoms with Gasteiger partial charge in [-0.2, -0.15) is 0 Å². The van der Waals surface area contributed by atoms with Gasteiger partial charge in [0.1, 0.15) is 0 Å². The summed E-state index contributed by atoms with van der Waals surface area (Å²) < 4.78 is 12.3. The quantitative estimate of drug-likeness (QED) is 0.529. The maximum atomic E-state index is 12.3. The van der Waals surface area contributed by atoms with E-state index in [1.165, 1.54) is 68.9 Å². The summed E-state index contributed by atoms with van der Waals surface area (Å²) in [7, 11) is -0.685. The van der Waals surface area contributed by atoms with Gasteiger partial charge in [0.2, 0.25) is 0 Å². The summed E-state index contributed by atoms with van der Waals surface area (Å²) >= 11 is 0. The van der Waals surface area contributed by atoms with Crippen LogP contribution in [-0.2, 0) is 23.6 Å². The Balaban J connectivity index is 1.69. The van der Waals surface area contributed by atoms with Crippen molar-refractivity contribution in [3.63, 3.8) is 0 Å². The van der Waals surface area contributed by atoms with E-state index in [9.17, 15) is 4.21 Å². The highest BCUT2D eigenvalue weighted by molar-refractivity contribution is 7.86. The fourth-order valence-electron chi connectivity index (χ4n) is 3.78. The summed E-state index contributed by atoms with van der Waals surface area (Å²) in [5.74, 6) is 2.48. The first-order chi connectivity index (χ1) is 11.9. The van der Waals surface area contributed by atoms with Crippen LogP contribution in [0.1, 0.15) is 83.8 Å². The van der Waals surface area contributed by atoms with Crippen molar-refractivity contribution in [1.29, 1.82) is 0 Å². The van der Waals surface area contributed by atoms with Gasteiger partial charge < -0.3 is 0 Å². The monoisotopic (exact) mass is 362 g/mol. The van der Waals surface area contributed by atoms with Crippen LogP contribution in [0.3, 0.4) is 0 Å². The largest absolute Gasteiger partial charge is 0.259 e. The average Bonchev–Trinajstić information content (AvgIpc) is 2.59. The van der Waals surface area contributed by atoms with E-state index in [1.54, 1.807) is 0 Å². The number of hydrogen-bond donors (Lipinski definition) is 0. The molecule has 142 valence electrons. The van der Waals surface area contributed by atoms with Crippen molar-refractivity contribution in [2.24, 2.45) is 11.8 Å². The van der Waals surface area contributed by atoms with E-state index in [2.05, 4.69) is 52.0 Å². The van der Waals surface area contributed by atoms with Gasteiger partial charge in [-0.05, 0) is 82.3 Å². The number of aryl methyl sites for hydroxylation is 2. The summed E-state index contributed by atoms with van der Waals surface area (Å²) in [5.41, 5.74) is 2.98. The first-order valence-corrected chi connectivity index (χ1v) is 11.7. The fourth-order valence-corrected chi connectivity index (χ4v) is 5.04. The first-order valence-electron chi connectivity index (χ1n) is 10.3. The minimum Gasteiger partial charge on any atom is -0.259 e. The highest BCUT2D eigenvalue weighted by Crippen LogP contribution is 2.33. The number of rotatable bonds is 8. The van der Waals surface area contributed by atoms with Gasteiger partial charge in [-0.25, -0.2) is 0 Å². The van der Waals surface area contributed by atoms with E-state index in [0.717, 1.165) is 11.7 Å². The Morgan fingerprint density at radius 2 is 1.44 bits per heavy atom. The van der Waals surface area contributed by atoms with Crippen LogP contribution in [-0.4, -0.2) is 14.7 Å². The zero-order valence-corrected chi connectivity index (χ0v) is 17.7. The lowest BCUT2D eigenvalue weighted by Gasteiger charge is -2.30. The van der Waals surface area contributed by atoms with Crippen LogP contribution in [0, 0.1) is 11.8 Å². The molecule has 1 aromatic rings. The third-order valence-electron chi connectivity index (χ3n) is 5.72. The highest BCUT2D eigenvalue weighted by Gasteiger charge is 2.26. The van der Waals surface area contributed by atoms with Gasteiger partial charge in [-0.3, -0.25) is 4.21 Å². The third-order valence-corrected chi connectivity index (χ3v) is 7.86. The number of hydrogen-bond acceptors (Lipinski definition) is 1. The molecule has 1 aliphatic carbocycles. The molecular weight excluding hydrogens is 324 g/mol. The summed E-state index contributed by atoms with van der Waals surface area (Å²) in [6, 6.07) is 9.32. The molecule has 0 radical (unpaired) electrons. The predicted molar refractivity (Wildman–Crippen MR) is 112 cm³/mol. The van der Waals surface area contributed by atoms with Crippen LogP contribution in [0.4, 0.5) is 0 Å². The third kappa shape index (κ3) is 7.25. The fraction of sp³-hybridized carbons (Fsp3) is 0.739. The first kappa shape index (κ1) is 20.7. The molecule has 0 aliphatic heterocycles. The van der Waals surface area contributed by atoms with Crippen molar-refractivity contribution >= 4 is 10.8 Å². The lowest BCUT2D eigenvalue weighted by atomic mass is 9.80. The topological polar surface area (TPSA) is 17.1 Å². The maximum Gasteiger partial charge on any atom is 0.0375 e. The van der Waals surface area contributed by atoms with Crippen LogP contribution in [0.25, 0.3) is 0 Å².